The van der Waals surface area contributed by atoms with Gasteiger partial charge in [-0.15, -0.1) is 0 Å². The van der Waals surface area contributed by atoms with Crippen molar-refractivity contribution in [3.8, 4) is 0 Å². The second-order valence-electron chi connectivity index (χ2n) is 4.10. The van der Waals surface area contributed by atoms with Gasteiger partial charge >= 0.3 is 11.9 Å². The Morgan fingerprint density at radius 3 is 2.71 bits per heavy atom. The highest BCUT2D eigenvalue weighted by atomic mass is 16.5. The van der Waals surface area contributed by atoms with Crippen molar-refractivity contribution in [2.24, 2.45) is 5.92 Å². The van der Waals surface area contributed by atoms with Crippen molar-refractivity contribution in [2.75, 3.05) is 20.3 Å². The van der Waals surface area contributed by atoms with E-state index in [0.29, 0.717) is 19.6 Å². The molecule has 0 spiro atoms. The fraction of sp³-hybridized carbons (Fsp3) is 0.833. The molecule has 5 heteroatoms. The third kappa shape index (κ3) is 4.73. The van der Waals surface area contributed by atoms with Crippen LogP contribution in [0.15, 0.2) is 0 Å². The molecule has 0 aromatic rings. The van der Waals surface area contributed by atoms with E-state index in [9.17, 15) is 9.59 Å². The first-order valence-corrected chi connectivity index (χ1v) is 6.01. The number of esters is 2. The van der Waals surface area contributed by atoms with Crippen LogP contribution in [0.4, 0.5) is 0 Å². The Bertz CT molecular complexity index is 264. The van der Waals surface area contributed by atoms with Gasteiger partial charge < -0.3 is 14.2 Å². The zero-order valence-electron chi connectivity index (χ0n) is 10.4. The van der Waals surface area contributed by atoms with Crippen LogP contribution >= 0.6 is 0 Å². The van der Waals surface area contributed by atoms with Crippen LogP contribution < -0.4 is 0 Å². The lowest BCUT2D eigenvalue weighted by molar-refractivity contribution is -0.152. The number of hydrogen-bond acceptors (Lipinski definition) is 5. The Kier molecular flexibility index (Phi) is 5.97. The number of carbonyl (C=O) groups excluding carboxylic acids is 2. The molecule has 17 heavy (non-hydrogen) atoms. The minimum atomic E-state index is -0.300. The van der Waals surface area contributed by atoms with E-state index in [1.54, 1.807) is 6.92 Å². The molecule has 0 aromatic heterocycles. The number of ether oxygens (including phenoxy) is 3. The Morgan fingerprint density at radius 2 is 2.06 bits per heavy atom. The summed E-state index contributed by atoms with van der Waals surface area (Å²) in [6, 6.07) is 0. The van der Waals surface area contributed by atoms with E-state index in [0.717, 1.165) is 12.8 Å². The molecule has 0 radical (unpaired) electrons. The molecule has 0 unspecified atom stereocenters. The summed E-state index contributed by atoms with van der Waals surface area (Å²) in [4.78, 5) is 22.6. The second-order valence-corrected chi connectivity index (χ2v) is 4.10. The average molecular weight is 244 g/mol. The molecule has 0 saturated carbocycles. The van der Waals surface area contributed by atoms with Gasteiger partial charge in [0.2, 0.25) is 0 Å². The first-order chi connectivity index (χ1) is 8.17. The van der Waals surface area contributed by atoms with E-state index in [2.05, 4.69) is 4.74 Å². The normalized spacial score (nSPS) is 24.1. The highest BCUT2D eigenvalue weighted by Gasteiger charge is 2.30. The van der Waals surface area contributed by atoms with Crippen LogP contribution in [-0.2, 0) is 23.8 Å². The van der Waals surface area contributed by atoms with Crippen LogP contribution in [0.1, 0.15) is 32.6 Å². The SMILES string of the molecule is CCOC(=O)C[C@H]1CCCO[C@H]1CC(=O)OC. The smallest absolute Gasteiger partial charge is 0.308 e. The van der Waals surface area contributed by atoms with Crippen LogP contribution in [0.25, 0.3) is 0 Å². The summed E-state index contributed by atoms with van der Waals surface area (Å²) in [5, 5.41) is 0. The quantitative estimate of drug-likeness (QED) is 0.682. The summed E-state index contributed by atoms with van der Waals surface area (Å²) in [6.07, 6.45) is 2.11. The first-order valence-electron chi connectivity index (χ1n) is 6.01. The number of carbonyl (C=O) groups is 2. The van der Waals surface area contributed by atoms with Crippen molar-refractivity contribution >= 4 is 11.9 Å². The zero-order chi connectivity index (χ0) is 12.7. The van der Waals surface area contributed by atoms with E-state index in [-0.39, 0.29) is 30.4 Å². The minimum absolute atomic E-state index is 0.0573. The van der Waals surface area contributed by atoms with Gasteiger partial charge in [-0.25, -0.2) is 0 Å². The molecule has 1 heterocycles. The highest BCUT2D eigenvalue weighted by Crippen LogP contribution is 2.26. The maximum atomic E-state index is 11.4. The van der Waals surface area contributed by atoms with Gasteiger partial charge in [-0.3, -0.25) is 9.59 Å². The van der Waals surface area contributed by atoms with Crippen LogP contribution in [0.2, 0.25) is 0 Å². The fourth-order valence-corrected chi connectivity index (χ4v) is 2.04. The third-order valence-corrected chi connectivity index (χ3v) is 2.91. The molecule has 0 amide bonds. The fourth-order valence-electron chi connectivity index (χ4n) is 2.04. The molecule has 1 aliphatic rings. The Hall–Kier alpha value is -1.10. The summed E-state index contributed by atoms with van der Waals surface area (Å²) in [6.45, 7) is 2.80. The third-order valence-electron chi connectivity index (χ3n) is 2.91. The van der Waals surface area contributed by atoms with Crippen LogP contribution in [0.5, 0.6) is 0 Å². The molecule has 0 bridgehead atoms. The van der Waals surface area contributed by atoms with Gasteiger partial charge in [0, 0.05) is 6.61 Å². The second kappa shape index (κ2) is 7.27. The van der Waals surface area contributed by atoms with Gasteiger partial charge in [-0.05, 0) is 25.7 Å². The van der Waals surface area contributed by atoms with Crippen LogP contribution in [0, 0.1) is 5.92 Å². The largest absolute Gasteiger partial charge is 0.469 e. The van der Waals surface area contributed by atoms with Crippen molar-refractivity contribution in [3.63, 3.8) is 0 Å². The minimum Gasteiger partial charge on any atom is -0.469 e. The Morgan fingerprint density at radius 1 is 1.29 bits per heavy atom. The highest BCUT2D eigenvalue weighted by molar-refractivity contribution is 5.71. The van der Waals surface area contributed by atoms with Gasteiger partial charge in [0.05, 0.1) is 32.7 Å². The summed E-state index contributed by atoms with van der Waals surface area (Å²) < 4.78 is 15.1. The molecule has 2 atom stereocenters. The monoisotopic (exact) mass is 244 g/mol. The van der Waals surface area contributed by atoms with E-state index >= 15 is 0 Å². The van der Waals surface area contributed by atoms with Gasteiger partial charge in [0.1, 0.15) is 0 Å². The lowest BCUT2D eigenvalue weighted by Crippen LogP contribution is -2.33. The summed E-state index contributed by atoms with van der Waals surface area (Å²) in [7, 11) is 1.35. The number of hydrogen-bond donors (Lipinski definition) is 0. The van der Waals surface area contributed by atoms with Crippen molar-refractivity contribution in [1.82, 2.24) is 0 Å². The molecule has 1 aliphatic heterocycles. The summed E-state index contributed by atoms with van der Waals surface area (Å²) in [5.74, 6) is -0.467. The van der Waals surface area contributed by atoms with Crippen molar-refractivity contribution in [1.29, 1.82) is 0 Å². The predicted octanol–water partition coefficient (Wildman–Crippen LogP) is 1.30. The number of rotatable bonds is 5. The van der Waals surface area contributed by atoms with Gasteiger partial charge in [0.25, 0.3) is 0 Å². The van der Waals surface area contributed by atoms with E-state index in [4.69, 9.17) is 9.47 Å². The van der Waals surface area contributed by atoms with Crippen molar-refractivity contribution in [2.45, 2.75) is 38.7 Å². The molecule has 0 aromatic carbocycles. The van der Waals surface area contributed by atoms with Crippen LogP contribution in [-0.4, -0.2) is 38.4 Å². The van der Waals surface area contributed by atoms with Gasteiger partial charge in [0.15, 0.2) is 0 Å². The molecule has 5 nitrogen and oxygen atoms in total. The molecule has 1 fully saturated rings. The molecule has 0 N–H and O–H groups in total. The Labute approximate surface area is 101 Å². The standard InChI is InChI=1S/C12H20O5/c1-3-16-12(14)7-9-5-4-6-17-10(9)8-11(13)15-2/h9-10H,3-8H2,1-2H3/t9-,10+/m1/s1. The maximum Gasteiger partial charge on any atom is 0.308 e. The first kappa shape index (κ1) is 14.0. The lowest BCUT2D eigenvalue weighted by atomic mass is 9.89. The lowest BCUT2D eigenvalue weighted by Gasteiger charge is -2.30. The van der Waals surface area contributed by atoms with E-state index in [1.165, 1.54) is 7.11 Å². The topological polar surface area (TPSA) is 61.8 Å². The van der Waals surface area contributed by atoms with Gasteiger partial charge in [-0.1, -0.05) is 0 Å². The molecule has 0 aliphatic carbocycles. The van der Waals surface area contributed by atoms with Crippen molar-refractivity contribution in [3.05, 3.63) is 0 Å². The van der Waals surface area contributed by atoms with E-state index < -0.39 is 0 Å². The zero-order valence-corrected chi connectivity index (χ0v) is 10.4. The summed E-state index contributed by atoms with van der Waals surface area (Å²) >= 11 is 0. The van der Waals surface area contributed by atoms with Crippen molar-refractivity contribution < 1.29 is 23.8 Å². The Balaban J connectivity index is 2.47. The average Bonchev–Trinajstić information content (AvgIpc) is 2.31. The van der Waals surface area contributed by atoms with Gasteiger partial charge in [-0.2, -0.15) is 0 Å². The number of methoxy groups -OCH3 is 1. The van der Waals surface area contributed by atoms with Crippen LogP contribution in [0.3, 0.4) is 0 Å². The maximum absolute atomic E-state index is 11.4. The molecule has 1 rings (SSSR count). The molecular formula is C12H20O5. The van der Waals surface area contributed by atoms with E-state index in [1.807, 2.05) is 0 Å². The molecule has 98 valence electrons. The molecular weight excluding hydrogens is 224 g/mol. The molecule has 1 saturated heterocycles. The summed E-state index contributed by atoms with van der Waals surface area (Å²) in [5.41, 5.74) is 0. The predicted molar refractivity (Wildman–Crippen MR) is 60.3 cm³/mol.